The smallest absolute Gasteiger partial charge is 0.265 e. The fraction of sp³-hybridized carbons (Fsp3) is 0. The third-order valence-corrected chi connectivity index (χ3v) is 2.64. The van der Waals surface area contributed by atoms with Gasteiger partial charge in [-0.3, -0.25) is 4.40 Å². The lowest BCUT2D eigenvalue weighted by Gasteiger charge is -2.06. The summed E-state index contributed by atoms with van der Waals surface area (Å²) in [5, 5.41) is 0.647. The minimum atomic E-state index is 0.363. The predicted molar refractivity (Wildman–Crippen MR) is 68.9 cm³/mol. The summed E-state index contributed by atoms with van der Waals surface area (Å²) in [6.45, 7) is 0. The Morgan fingerprint density at radius 3 is 2.78 bits per heavy atom. The Hall–Kier alpha value is -2.27. The Morgan fingerprint density at radius 1 is 1.22 bits per heavy atom. The molecule has 0 amide bonds. The normalized spacial score (nSPS) is 10.7. The highest BCUT2D eigenvalue weighted by atomic mass is 35.5. The summed E-state index contributed by atoms with van der Waals surface area (Å²) < 4.78 is 7.41. The molecule has 0 atom stereocenters. The van der Waals surface area contributed by atoms with Gasteiger partial charge in [0.25, 0.3) is 5.88 Å². The number of fused-ring (bicyclic) bond motifs is 1. The molecule has 0 saturated carbocycles. The van der Waals surface area contributed by atoms with Crippen LogP contribution in [0.2, 0.25) is 5.02 Å². The lowest BCUT2D eigenvalue weighted by molar-refractivity contribution is 0.466. The average Bonchev–Trinajstić information content (AvgIpc) is 2.80. The van der Waals surface area contributed by atoms with Crippen molar-refractivity contribution in [1.82, 2.24) is 14.4 Å². The molecule has 3 aromatic rings. The van der Waals surface area contributed by atoms with Gasteiger partial charge >= 0.3 is 0 Å². The van der Waals surface area contributed by atoms with Crippen LogP contribution in [-0.2, 0) is 0 Å². The van der Waals surface area contributed by atoms with Crippen LogP contribution in [0.25, 0.3) is 5.65 Å². The maximum atomic E-state index is 5.81. The van der Waals surface area contributed by atoms with Gasteiger partial charge in [-0.2, -0.15) is 4.98 Å². The summed E-state index contributed by atoms with van der Waals surface area (Å²) in [6.07, 6.45) is 5.12. The van der Waals surface area contributed by atoms with Gasteiger partial charge in [-0.05, 0) is 24.3 Å². The fourth-order valence-corrected chi connectivity index (χ4v) is 1.73. The highest BCUT2D eigenvalue weighted by Crippen LogP contribution is 2.25. The van der Waals surface area contributed by atoms with Crippen LogP contribution in [0.4, 0.5) is 5.82 Å². The van der Waals surface area contributed by atoms with Crippen molar-refractivity contribution in [1.29, 1.82) is 0 Å². The van der Waals surface area contributed by atoms with Gasteiger partial charge in [0.1, 0.15) is 11.6 Å². The van der Waals surface area contributed by atoms with Gasteiger partial charge in [0.2, 0.25) is 5.65 Å². The van der Waals surface area contributed by atoms with Crippen LogP contribution in [0.3, 0.4) is 0 Å². The molecular formula is C12H9ClN4O. The zero-order chi connectivity index (χ0) is 12.5. The molecule has 2 N–H and O–H groups in total. The van der Waals surface area contributed by atoms with E-state index in [-0.39, 0.29) is 0 Å². The number of benzene rings is 1. The average molecular weight is 261 g/mol. The maximum absolute atomic E-state index is 5.81. The zero-order valence-corrected chi connectivity index (χ0v) is 10.0. The minimum absolute atomic E-state index is 0.363. The number of anilines is 1. The van der Waals surface area contributed by atoms with Crippen molar-refractivity contribution < 1.29 is 4.74 Å². The standard InChI is InChI=1S/C12H9ClN4O/c13-8-1-3-9(4-2-8)18-12-11-15-5-6-17(11)7-10(14)16-12/h1-7H,14H2. The van der Waals surface area contributed by atoms with E-state index in [1.165, 1.54) is 0 Å². The van der Waals surface area contributed by atoms with Gasteiger partial charge in [0.05, 0.1) is 6.20 Å². The topological polar surface area (TPSA) is 65.4 Å². The molecule has 0 spiro atoms. The first kappa shape index (κ1) is 10.9. The molecule has 0 saturated heterocycles. The Balaban J connectivity index is 2.03. The van der Waals surface area contributed by atoms with Crippen LogP contribution in [0, 0.1) is 0 Å². The molecule has 2 aromatic heterocycles. The monoisotopic (exact) mass is 260 g/mol. The summed E-state index contributed by atoms with van der Waals surface area (Å²) in [4.78, 5) is 8.30. The molecule has 0 unspecified atom stereocenters. The lowest BCUT2D eigenvalue weighted by atomic mass is 10.3. The van der Waals surface area contributed by atoms with Gasteiger partial charge in [-0.1, -0.05) is 11.6 Å². The van der Waals surface area contributed by atoms with E-state index >= 15 is 0 Å². The van der Waals surface area contributed by atoms with E-state index in [9.17, 15) is 0 Å². The highest BCUT2D eigenvalue weighted by molar-refractivity contribution is 6.30. The Bertz CT molecular complexity index is 693. The first-order valence-corrected chi connectivity index (χ1v) is 5.63. The van der Waals surface area contributed by atoms with Crippen molar-refractivity contribution >= 4 is 23.1 Å². The molecule has 5 nitrogen and oxygen atoms in total. The number of imidazole rings is 1. The zero-order valence-electron chi connectivity index (χ0n) is 9.25. The molecule has 0 aliphatic heterocycles. The van der Waals surface area contributed by atoms with E-state index in [0.717, 1.165) is 0 Å². The van der Waals surface area contributed by atoms with Crippen LogP contribution >= 0.6 is 11.6 Å². The number of rotatable bonds is 2. The molecule has 0 bridgehead atoms. The molecular weight excluding hydrogens is 252 g/mol. The molecule has 0 radical (unpaired) electrons. The Morgan fingerprint density at radius 2 is 2.00 bits per heavy atom. The third-order valence-electron chi connectivity index (χ3n) is 2.39. The molecule has 18 heavy (non-hydrogen) atoms. The van der Waals surface area contributed by atoms with Crippen molar-refractivity contribution in [3.8, 4) is 11.6 Å². The van der Waals surface area contributed by atoms with Gasteiger partial charge in [-0.25, -0.2) is 4.98 Å². The Labute approximate surface area is 108 Å². The van der Waals surface area contributed by atoms with Crippen molar-refractivity contribution in [2.24, 2.45) is 0 Å². The highest BCUT2D eigenvalue weighted by Gasteiger charge is 2.08. The summed E-state index contributed by atoms with van der Waals surface area (Å²) in [5.74, 6) is 1.36. The number of nitrogens with two attached hydrogens (primary N) is 1. The van der Waals surface area contributed by atoms with Crippen LogP contribution in [0.1, 0.15) is 0 Å². The quantitative estimate of drug-likeness (QED) is 0.769. The van der Waals surface area contributed by atoms with Crippen molar-refractivity contribution in [2.45, 2.75) is 0 Å². The molecule has 0 aliphatic rings. The van der Waals surface area contributed by atoms with E-state index < -0.39 is 0 Å². The van der Waals surface area contributed by atoms with Crippen molar-refractivity contribution in [3.63, 3.8) is 0 Å². The number of nitrogen functional groups attached to an aromatic ring is 1. The van der Waals surface area contributed by atoms with Gasteiger partial charge in [0, 0.05) is 17.4 Å². The number of aromatic nitrogens is 3. The predicted octanol–water partition coefficient (Wildman–Crippen LogP) is 2.76. The second kappa shape index (κ2) is 4.19. The first-order valence-electron chi connectivity index (χ1n) is 5.25. The molecule has 0 aliphatic carbocycles. The minimum Gasteiger partial charge on any atom is -0.436 e. The summed E-state index contributed by atoms with van der Waals surface area (Å²) >= 11 is 5.81. The Kier molecular flexibility index (Phi) is 2.53. The van der Waals surface area contributed by atoms with Gasteiger partial charge in [0.15, 0.2) is 0 Å². The summed E-state index contributed by atoms with van der Waals surface area (Å²) in [7, 11) is 0. The van der Waals surface area contributed by atoms with E-state index in [0.29, 0.717) is 28.1 Å². The maximum Gasteiger partial charge on any atom is 0.265 e. The number of ether oxygens (including phenoxy) is 1. The number of hydrogen-bond donors (Lipinski definition) is 1. The molecule has 1 aromatic carbocycles. The second-order valence-electron chi connectivity index (χ2n) is 3.69. The molecule has 2 heterocycles. The van der Waals surface area contributed by atoms with Crippen LogP contribution in [-0.4, -0.2) is 14.4 Å². The SMILES string of the molecule is Nc1cn2ccnc2c(Oc2ccc(Cl)cc2)n1. The molecule has 0 fully saturated rings. The summed E-state index contributed by atoms with van der Waals surface area (Å²) in [6, 6.07) is 7.00. The van der Waals surface area contributed by atoms with E-state index in [4.69, 9.17) is 22.1 Å². The van der Waals surface area contributed by atoms with Gasteiger partial charge in [-0.15, -0.1) is 0 Å². The number of nitrogens with zero attached hydrogens (tertiary/aromatic N) is 3. The molecule has 3 rings (SSSR count). The van der Waals surface area contributed by atoms with Crippen LogP contribution in [0.15, 0.2) is 42.9 Å². The number of hydrogen-bond acceptors (Lipinski definition) is 4. The van der Waals surface area contributed by atoms with E-state index in [1.54, 1.807) is 47.3 Å². The van der Waals surface area contributed by atoms with Crippen molar-refractivity contribution in [2.75, 3.05) is 5.73 Å². The second-order valence-corrected chi connectivity index (χ2v) is 4.12. The summed E-state index contributed by atoms with van der Waals surface area (Å²) in [5.41, 5.74) is 6.31. The fourth-order valence-electron chi connectivity index (χ4n) is 1.60. The van der Waals surface area contributed by atoms with E-state index in [1.807, 2.05) is 0 Å². The van der Waals surface area contributed by atoms with Crippen molar-refractivity contribution in [3.05, 3.63) is 47.9 Å². The third kappa shape index (κ3) is 1.96. The number of halogens is 1. The van der Waals surface area contributed by atoms with E-state index in [2.05, 4.69) is 9.97 Å². The molecule has 90 valence electrons. The van der Waals surface area contributed by atoms with Crippen LogP contribution in [0.5, 0.6) is 11.6 Å². The van der Waals surface area contributed by atoms with Gasteiger partial charge < -0.3 is 10.5 Å². The lowest BCUT2D eigenvalue weighted by Crippen LogP contribution is -1.98. The first-order chi connectivity index (χ1) is 8.72. The largest absolute Gasteiger partial charge is 0.436 e. The van der Waals surface area contributed by atoms with Crippen LogP contribution < -0.4 is 10.5 Å². The molecule has 6 heteroatoms.